The van der Waals surface area contributed by atoms with Gasteiger partial charge in [-0.2, -0.15) is 0 Å². The van der Waals surface area contributed by atoms with Crippen LogP contribution in [0.2, 0.25) is 0 Å². The molecule has 2 heterocycles. The van der Waals surface area contributed by atoms with Gasteiger partial charge in [-0.3, -0.25) is 9.36 Å². The van der Waals surface area contributed by atoms with Crippen LogP contribution in [0, 0.1) is 6.92 Å². The fourth-order valence-electron chi connectivity index (χ4n) is 2.89. The fourth-order valence-corrected chi connectivity index (χ4v) is 2.89. The largest absolute Gasteiger partial charge is 0.493 e. The Morgan fingerprint density at radius 1 is 1.04 bits per heavy atom. The molecule has 0 aliphatic carbocycles. The van der Waals surface area contributed by atoms with Gasteiger partial charge in [0.1, 0.15) is 12.7 Å². The van der Waals surface area contributed by atoms with Crippen LogP contribution in [0.5, 0.6) is 11.5 Å². The average molecular weight is 363 g/mol. The molecule has 0 unspecified atom stereocenters. The summed E-state index contributed by atoms with van der Waals surface area (Å²) in [6, 6.07) is 17.2. The number of pyridine rings is 1. The summed E-state index contributed by atoms with van der Waals surface area (Å²) < 4.78 is 17.9. The lowest BCUT2D eigenvalue weighted by atomic mass is 10.1. The van der Waals surface area contributed by atoms with Crippen molar-refractivity contribution in [2.75, 3.05) is 20.3 Å². The van der Waals surface area contributed by atoms with Crippen molar-refractivity contribution in [1.29, 1.82) is 0 Å². The van der Waals surface area contributed by atoms with Crippen molar-refractivity contribution in [2.24, 2.45) is 0 Å². The van der Waals surface area contributed by atoms with Crippen LogP contribution < -0.4 is 15.0 Å². The molecule has 5 nitrogen and oxygen atoms in total. The van der Waals surface area contributed by atoms with Crippen molar-refractivity contribution < 1.29 is 14.2 Å². The second-order valence-corrected chi connectivity index (χ2v) is 6.59. The summed E-state index contributed by atoms with van der Waals surface area (Å²) in [6.45, 7) is 3.28. The minimum atomic E-state index is -0.102. The molecule has 4 rings (SSSR count). The molecule has 138 valence electrons. The number of hydrogen-bond donors (Lipinski definition) is 0. The molecule has 1 saturated heterocycles. The number of rotatable bonds is 6. The Labute approximate surface area is 157 Å². The molecule has 1 aliphatic heterocycles. The molecule has 1 aliphatic rings. The number of methoxy groups -OCH3 is 1. The van der Waals surface area contributed by atoms with E-state index >= 15 is 0 Å². The van der Waals surface area contributed by atoms with Crippen molar-refractivity contribution >= 4 is 0 Å². The zero-order chi connectivity index (χ0) is 18.8. The first-order valence-corrected chi connectivity index (χ1v) is 8.86. The van der Waals surface area contributed by atoms with Crippen LogP contribution in [-0.2, 0) is 4.74 Å². The Balaban J connectivity index is 1.62. The smallest absolute Gasteiger partial charge is 0.255 e. The maximum atomic E-state index is 12.7. The van der Waals surface area contributed by atoms with Gasteiger partial charge in [0, 0.05) is 18.3 Å². The predicted molar refractivity (Wildman–Crippen MR) is 104 cm³/mol. The SMILES string of the molecule is COc1cc(-n2ccc(-c3ccc(C)cc3)cc2=O)ccc1OC[C@H]1CO1. The predicted octanol–water partition coefficient (Wildman–Crippen LogP) is 3.60. The number of ether oxygens (including phenoxy) is 3. The number of hydrogen-bond acceptors (Lipinski definition) is 4. The molecule has 0 bridgehead atoms. The van der Waals surface area contributed by atoms with Crippen LogP contribution in [0.15, 0.2) is 65.6 Å². The van der Waals surface area contributed by atoms with Gasteiger partial charge >= 0.3 is 0 Å². The van der Waals surface area contributed by atoms with Crippen molar-refractivity contribution in [3.05, 3.63) is 76.7 Å². The van der Waals surface area contributed by atoms with E-state index in [0.717, 1.165) is 23.4 Å². The van der Waals surface area contributed by atoms with E-state index < -0.39 is 0 Å². The normalized spacial score (nSPS) is 15.4. The first-order chi connectivity index (χ1) is 13.1. The highest BCUT2D eigenvalue weighted by Gasteiger charge is 2.23. The number of epoxide rings is 1. The molecular formula is C22H21NO4. The number of nitrogens with zero attached hydrogens (tertiary/aromatic N) is 1. The minimum absolute atomic E-state index is 0.102. The van der Waals surface area contributed by atoms with Gasteiger partial charge in [-0.15, -0.1) is 0 Å². The van der Waals surface area contributed by atoms with Gasteiger partial charge in [0.2, 0.25) is 0 Å². The summed E-state index contributed by atoms with van der Waals surface area (Å²) in [5, 5.41) is 0. The van der Waals surface area contributed by atoms with Crippen molar-refractivity contribution in [3.8, 4) is 28.3 Å². The zero-order valence-electron chi connectivity index (χ0n) is 15.3. The minimum Gasteiger partial charge on any atom is -0.493 e. The molecule has 5 heteroatoms. The first-order valence-electron chi connectivity index (χ1n) is 8.86. The van der Waals surface area contributed by atoms with E-state index in [9.17, 15) is 4.79 Å². The van der Waals surface area contributed by atoms with Gasteiger partial charge in [0.05, 0.1) is 19.4 Å². The van der Waals surface area contributed by atoms with Gasteiger partial charge < -0.3 is 14.2 Å². The second-order valence-electron chi connectivity index (χ2n) is 6.59. The van der Waals surface area contributed by atoms with Crippen LogP contribution in [0.3, 0.4) is 0 Å². The van der Waals surface area contributed by atoms with Crippen molar-refractivity contribution in [3.63, 3.8) is 0 Å². The van der Waals surface area contributed by atoms with E-state index in [-0.39, 0.29) is 11.7 Å². The molecule has 0 saturated carbocycles. The highest BCUT2D eigenvalue weighted by Crippen LogP contribution is 2.30. The molecule has 2 aromatic carbocycles. The summed E-state index contributed by atoms with van der Waals surface area (Å²) >= 11 is 0. The molecule has 0 N–H and O–H groups in total. The molecule has 1 aromatic heterocycles. The van der Waals surface area contributed by atoms with Crippen LogP contribution in [0.25, 0.3) is 16.8 Å². The third-order valence-electron chi connectivity index (χ3n) is 4.56. The summed E-state index contributed by atoms with van der Waals surface area (Å²) in [4.78, 5) is 12.7. The quantitative estimate of drug-likeness (QED) is 0.628. The Morgan fingerprint density at radius 3 is 2.48 bits per heavy atom. The fraction of sp³-hybridized carbons (Fsp3) is 0.227. The molecule has 3 aromatic rings. The third kappa shape index (κ3) is 3.88. The lowest BCUT2D eigenvalue weighted by molar-refractivity contribution is 0.252. The van der Waals surface area contributed by atoms with E-state index in [0.29, 0.717) is 18.1 Å². The van der Waals surface area contributed by atoms with Crippen LogP contribution in [-0.4, -0.2) is 31.0 Å². The molecule has 0 amide bonds. The second kappa shape index (κ2) is 7.29. The highest BCUT2D eigenvalue weighted by atomic mass is 16.6. The van der Waals surface area contributed by atoms with Gasteiger partial charge in [0.25, 0.3) is 5.56 Å². The van der Waals surface area contributed by atoms with Crippen LogP contribution >= 0.6 is 0 Å². The maximum Gasteiger partial charge on any atom is 0.255 e. The highest BCUT2D eigenvalue weighted by molar-refractivity contribution is 5.63. The summed E-state index contributed by atoms with van der Waals surface area (Å²) in [7, 11) is 1.59. The lowest BCUT2D eigenvalue weighted by Crippen LogP contribution is -2.16. The van der Waals surface area contributed by atoms with Gasteiger partial charge in [0.15, 0.2) is 11.5 Å². The number of aromatic nitrogens is 1. The number of aryl methyl sites for hydroxylation is 1. The molecule has 1 atom stereocenters. The Kier molecular flexibility index (Phi) is 4.69. The molecule has 27 heavy (non-hydrogen) atoms. The topological polar surface area (TPSA) is 53.0 Å². The van der Waals surface area contributed by atoms with Gasteiger partial charge in [-0.1, -0.05) is 29.8 Å². The standard InChI is InChI=1S/C22H21NO4/c1-15-3-5-16(6-4-15)17-9-10-23(22(24)11-17)18-7-8-20(21(12-18)25-2)27-14-19-13-26-19/h3-12,19H,13-14H2,1-2H3/t19-/m1/s1. The van der Waals surface area contributed by atoms with E-state index in [1.54, 1.807) is 30.0 Å². The van der Waals surface area contributed by atoms with E-state index in [1.807, 2.05) is 49.4 Å². The van der Waals surface area contributed by atoms with Crippen LogP contribution in [0.1, 0.15) is 5.56 Å². The summed E-state index contributed by atoms with van der Waals surface area (Å²) in [5.41, 5.74) is 3.73. The van der Waals surface area contributed by atoms with Crippen molar-refractivity contribution in [2.45, 2.75) is 13.0 Å². The summed E-state index contributed by atoms with van der Waals surface area (Å²) in [5.74, 6) is 1.23. The maximum absolute atomic E-state index is 12.7. The lowest BCUT2D eigenvalue weighted by Gasteiger charge is -2.13. The Morgan fingerprint density at radius 2 is 1.81 bits per heavy atom. The Bertz CT molecular complexity index is 1000. The van der Waals surface area contributed by atoms with Gasteiger partial charge in [-0.05, 0) is 36.2 Å². The van der Waals surface area contributed by atoms with Gasteiger partial charge in [-0.25, -0.2) is 0 Å². The zero-order valence-corrected chi connectivity index (χ0v) is 15.3. The average Bonchev–Trinajstić information content (AvgIpc) is 3.51. The first kappa shape index (κ1) is 17.4. The van der Waals surface area contributed by atoms with Crippen LogP contribution in [0.4, 0.5) is 0 Å². The van der Waals surface area contributed by atoms with E-state index in [2.05, 4.69) is 0 Å². The van der Waals surface area contributed by atoms with Crippen molar-refractivity contribution in [1.82, 2.24) is 4.57 Å². The molecular weight excluding hydrogens is 342 g/mol. The number of benzene rings is 2. The monoisotopic (exact) mass is 363 g/mol. The molecule has 0 radical (unpaired) electrons. The summed E-state index contributed by atoms with van der Waals surface area (Å²) in [6.07, 6.45) is 1.96. The Hall–Kier alpha value is -3.05. The van der Waals surface area contributed by atoms with E-state index in [4.69, 9.17) is 14.2 Å². The molecule has 1 fully saturated rings. The molecule has 0 spiro atoms. The van der Waals surface area contributed by atoms with E-state index in [1.165, 1.54) is 5.56 Å². The third-order valence-corrected chi connectivity index (χ3v) is 4.56.